The van der Waals surface area contributed by atoms with Gasteiger partial charge in [-0.15, -0.1) is 0 Å². The zero-order valence-corrected chi connectivity index (χ0v) is 15.3. The van der Waals surface area contributed by atoms with Crippen molar-refractivity contribution in [2.45, 2.75) is 63.6 Å². The third-order valence-electron chi connectivity index (χ3n) is 8.78. The van der Waals surface area contributed by atoms with E-state index in [1.165, 1.54) is 0 Å². The van der Waals surface area contributed by atoms with Crippen LogP contribution in [-0.4, -0.2) is 56.9 Å². The maximum atomic E-state index is 13.3. The molecule has 9 unspecified atom stereocenters. The second-order valence-electron chi connectivity index (χ2n) is 10.1. The maximum absolute atomic E-state index is 13.3. The highest BCUT2D eigenvalue weighted by Gasteiger charge is 2.85. The summed E-state index contributed by atoms with van der Waals surface area (Å²) in [7, 11) is 0. The number of aliphatic hydroxyl groups is 4. The lowest BCUT2D eigenvalue weighted by Gasteiger charge is -2.74. The highest BCUT2D eigenvalue weighted by atomic mass is 16.6. The smallest absolute Gasteiger partial charge is 0.205 e. The summed E-state index contributed by atoms with van der Waals surface area (Å²) in [6.07, 6.45) is -0.978. The molecule has 4 aliphatic carbocycles. The number of aliphatic hydroxyl groups excluding tert-OH is 3. The van der Waals surface area contributed by atoms with Gasteiger partial charge in [0, 0.05) is 17.3 Å². The lowest BCUT2D eigenvalue weighted by atomic mass is 9.35. The van der Waals surface area contributed by atoms with Crippen molar-refractivity contribution < 1.29 is 30.0 Å². The van der Waals surface area contributed by atoms with Crippen LogP contribution in [0.4, 0.5) is 0 Å². The zero-order valence-electron chi connectivity index (χ0n) is 15.3. The number of rotatable bonds is 0. The van der Waals surface area contributed by atoms with Crippen LogP contribution < -0.4 is 0 Å². The minimum Gasteiger partial charge on any atom is -0.393 e. The van der Waals surface area contributed by atoms with Crippen molar-refractivity contribution in [1.29, 1.82) is 0 Å². The molecule has 2 heterocycles. The molecule has 2 saturated heterocycles. The van der Waals surface area contributed by atoms with Crippen LogP contribution in [-0.2, 0) is 9.53 Å². The highest BCUT2D eigenvalue weighted by molar-refractivity contribution is 6.04. The number of fused-ring (bicyclic) bond motifs is 2. The van der Waals surface area contributed by atoms with Crippen LogP contribution in [0.25, 0.3) is 0 Å². The van der Waals surface area contributed by atoms with Crippen LogP contribution in [0.2, 0.25) is 0 Å². The SMILES string of the molecule is C=C1C(=O)C23CC1CC(O)C2C12COC3(O)C(O)C1C(C)(C)CCC2O. The predicted molar refractivity (Wildman–Crippen MR) is 90.7 cm³/mol. The first-order valence-electron chi connectivity index (χ1n) is 9.68. The van der Waals surface area contributed by atoms with Gasteiger partial charge >= 0.3 is 0 Å². The average Bonchev–Trinajstić information content (AvgIpc) is 2.76. The van der Waals surface area contributed by atoms with Gasteiger partial charge in [-0.25, -0.2) is 0 Å². The first kappa shape index (κ1) is 17.3. The van der Waals surface area contributed by atoms with E-state index in [1.807, 2.05) is 13.8 Å². The number of carbonyl (C=O) groups is 1. The molecule has 6 nitrogen and oxygen atoms in total. The lowest BCUT2D eigenvalue weighted by molar-refractivity contribution is -0.455. The molecule has 4 bridgehead atoms. The van der Waals surface area contributed by atoms with Crippen LogP contribution >= 0.6 is 0 Å². The molecule has 0 aromatic carbocycles. The van der Waals surface area contributed by atoms with Gasteiger partial charge in [0.15, 0.2) is 5.78 Å². The summed E-state index contributed by atoms with van der Waals surface area (Å²) in [5.41, 5.74) is -2.32. The first-order valence-corrected chi connectivity index (χ1v) is 9.68. The second kappa shape index (κ2) is 4.61. The van der Waals surface area contributed by atoms with Gasteiger partial charge in [0.1, 0.15) is 6.10 Å². The Labute approximate surface area is 152 Å². The molecule has 2 spiro atoms. The van der Waals surface area contributed by atoms with E-state index in [0.29, 0.717) is 31.3 Å². The van der Waals surface area contributed by atoms with Crippen molar-refractivity contribution in [2.75, 3.05) is 6.61 Å². The molecule has 0 aromatic heterocycles. The molecule has 6 aliphatic rings. The largest absolute Gasteiger partial charge is 0.393 e. The van der Waals surface area contributed by atoms with E-state index >= 15 is 0 Å². The molecule has 6 heteroatoms. The second-order valence-corrected chi connectivity index (χ2v) is 10.1. The van der Waals surface area contributed by atoms with E-state index < -0.39 is 46.8 Å². The summed E-state index contributed by atoms with van der Waals surface area (Å²) >= 11 is 0. The number of carbonyl (C=O) groups excluding carboxylic acids is 1. The van der Waals surface area contributed by atoms with Gasteiger partial charge in [0.05, 0.1) is 24.2 Å². The molecular weight excluding hydrogens is 336 g/mol. The molecular formula is C20H28O6. The molecule has 2 aliphatic heterocycles. The van der Waals surface area contributed by atoms with Crippen LogP contribution in [0.3, 0.4) is 0 Å². The number of hydrogen-bond acceptors (Lipinski definition) is 6. The normalized spacial score (nSPS) is 59.9. The number of ketones is 1. The fourth-order valence-corrected chi connectivity index (χ4v) is 7.88. The molecule has 26 heavy (non-hydrogen) atoms. The van der Waals surface area contributed by atoms with Crippen molar-refractivity contribution >= 4 is 5.78 Å². The number of allylic oxidation sites excluding steroid dienone is 1. The first-order chi connectivity index (χ1) is 12.0. The van der Waals surface area contributed by atoms with E-state index in [4.69, 9.17) is 4.74 Å². The van der Waals surface area contributed by atoms with Gasteiger partial charge in [-0.1, -0.05) is 20.4 Å². The van der Waals surface area contributed by atoms with E-state index in [0.717, 1.165) is 0 Å². The summed E-state index contributed by atoms with van der Waals surface area (Å²) in [5, 5.41) is 45.1. The highest BCUT2D eigenvalue weighted by Crippen LogP contribution is 2.76. The van der Waals surface area contributed by atoms with E-state index in [9.17, 15) is 25.2 Å². The molecule has 144 valence electrons. The third-order valence-corrected chi connectivity index (χ3v) is 8.78. The molecule has 4 N–H and O–H groups in total. The lowest BCUT2D eigenvalue weighted by Crippen LogP contribution is -2.85. The Morgan fingerprint density at radius 1 is 1.19 bits per heavy atom. The van der Waals surface area contributed by atoms with E-state index in [-0.39, 0.29) is 23.7 Å². The van der Waals surface area contributed by atoms with Gasteiger partial charge in [-0.2, -0.15) is 0 Å². The van der Waals surface area contributed by atoms with Crippen LogP contribution in [0.15, 0.2) is 12.2 Å². The topological polar surface area (TPSA) is 107 Å². The molecule has 0 amide bonds. The predicted octanol–water partition coefficient (Wildman–Crippen LogP) is 0.376. The summed E-state index contributed by atoms with van der Waals surface area (Å²) in [5.74, 6) is -3.66. The molecule has 4 saturated carbocycles. The fourth-order valence-electron chi connectivity index (χ4n) is 7.88. The van der Waals surface area contributed by atoms with Crippen LogP contribution in [0, 0.1) is 34.0 Å². The molecule has 6 rings (SSSR count). The van der Waals surface area contributed by atoms with Gasteiger partial charge < -0.3 is 25.2 Å². The monoisotopic (exact) mass is 364 g/mol. The van der Waals surface area contributed by atoms with Crippen molar-refractivity contribution in [2.24, 2.45) is 34.0 Å². The minimum absolute atomic E-state index is 0.0454. The van der Waals surface area contributed by atoms with Gasteiger partial charge in [0.2, 0.25) is 5.79 Å². The number of hydrogen-bond donors (Lipinski definition) is 4. The summed E-state index contributed by atoms with van der Waals surface area (Å²) in [6, 6.07) is 0. The number of Topliss-reactive ketones (excluding diaryl/α,β-unsaturated/α-hetero) is 1. The summed E-state index contributed by atoms with van der Waals surface area (Å²) in [6.45, 7) is 8.01. The zero-order chi connectivity index (χ0) is 18.9. The Bertz CT molecular complexity index is 717. The number of ether oxygens (including phenoxy) is 1. The van der Waals surface area contributed by atoms with E-state index in [2.05, 4.69) is 6.58 Å². The summed E-state index contributed by atoms with van der Waals surface area (Å²) in [4.78, 5) is 13.3. The maximum Gasteiger partial charge on any atom is 0.205 e. The van der Waals surface area contributed by atoms with Gasteiger partial charge in [-0.05, 0) is 42.6 Å². The fraction of sp³-hybridized carbons (Fsp3) is 0.850. The quantitative estimate of drug-likeness (QED) is 0.463. The summed E-state index contributed by atoms with van der Waals surface area (Å²) < 4.78 is 5.83. The molecule has 0 aromatic rings. The Kier molecular flexibility index (Phi) is 3.07. The van der Waals surface area contributed by atoms with Crippen molar-refractivity contribution in [3.8, 4) is 0 Å². The van der Waals surface area contributed by atoms with Crippen molar-refractivity contribution in [3.05, 3.63) is 12.2 Å². The minimum atomic E-state index is -2.05. The van der Waals surface area contributed by atoms with Crippen LogP contribution in [0.1, 0.15) is 39.5 Å². The Morgan fingerprint density at radius 2 is 1.88 bits per heavy atom. The van der Waals surface area contributed by atoms with E-state index in [1.54, 1.807) is 0 Å². The Hall–Kier alpha value is -0.790. The van der Waals surface area contributed by atoms with Crippen molar-refractivity contribution in [3.63, 3.8) is 0 Å². The average molecular weight is 364 g/mol. The molecule has 6 fully saturated rings. The standard InChI is InChI=1S/C20H28O6/c1-9-10-6-11(21)13-18-8-26-20(25,19(13,7-10)15(9)23)16(24)14(18)17(2,3)5-4-12(18)22/h10-14,16,21-22,24-25H,1,4-8H2,2-3H3. The van der Waals surface area contributed by atoms with Crippen LogP contribution in [0.5, 0.6) is 0 Å². The molecule has 0 radical (unpaired) electrons. The van der Waals surface area contributed by atoms with Gasteiger partial charge in [0.25, 0.3) is 0 Å². The Morgan fingerprint density at radius 3 is 2.58 bits per heavy atom. The third kappa shape index (κ3) is 1.47. The van der Waals surface area contributed by atoms with Crippen molar-refractivity contribution in [1.82, 2.24) is 0 Å². The van der Waals surface area contributed by atoms with Gasteiger partial charge in [-0.3, -0.25) is 4.79 Å². The Balaban J connectivity index is 1.81. The molecule has 9 atom stereocenters.